The van der Waals surface area contributed by atoms with Crippen molar-refractivity contribution < 1.29 is 28.9 Å². The molecule has 1 aliphatic heterocycles. The van der Waals surface area contributed by atoms with E-state index in [1.165, 1.54) is 4.90 Å². The normalized spacial score (nSPS) is 16.6. The molecule has 1 amide bonds. The van der Waals surface area contributed by atoms with E-state index in [1.54, 1.807) is 49.6 Å². The zero-order valence-electron chi connectivity index (χ0n) is 21.5. The molecule has 1 heterocycles. The Bertz CT molecular complexity index is 1330. The highest BCUT2D eigenvalue weighted by Gasteiger charge is 2.47. The quantitative estimate of drug-likeness (QED) is 0.231. The van der Waals surface area contributed by atoms with E-state index in [1.807, 2.05) is 45.0 Å². The lowest BCUT2D eigenvalue weighted by Crippen LogP contribution is -2.29. The van der Waals surface area contributed by atoms with Crippen molar-refractivity contribution in [3.63, 3.8) is 0 Å². The van der Waals surface area contributed by atoms with E-state index in [0.29, 0.717) is 47.3 Å². The first kappa shape index (κ1) is 25.8. The Morgan fingerprint density at radius 1 is 0.892 bits per heavy atom. The predicted octanol–water partition coefficient (Wildman–Crippen LogP) is 5.68. The molecule has 0 spiro atoms. The third-order valence-corrected chi connectivity index (χ3v) is 6.30. The smallest absolute Gasteiger partial charge is 0.300 e. The summed E-state index contributed by atoms with van der Waals surface area (Å²) < 4.78 is 16.8. The number of benzene rings is 3. The minimum absolute atomic E-state index is 0.0251. The first-order valence-electron chi connectivity index (χ1n) is 12.4. The number of rotatable bonds is 9. The number of carbonyl (C=O) groups excluding carboxylic acids is 2. The number of nitrogens with zero attached hydrogens (tertiary/aromatic N) is 1. The Morgan fingerprint density at radius 2 is 1.62 bits per heavy atom. The fourth-order valence-corrected chi connectivity index (χ4v) is 4.49. The molecule has 1 atom stereocenters. The first-order valence-corrected chi connectivity index (χ1v) is 12.4. The summed E-state index contributed by atoms with van der Waals surface area (Å²) in [4.78, 5) is 28.4. The van der Waals surface area contributed by atoms with Crippen molar-refractivity contribution in [3.05, 3.63) is 89.0 Å². The number of aryl methyl sites for hydroxylation is 1. The van der Waals surface area contributed by atoms with Crippen molar-refractivity contribution in [3.8, 4) is 17.2 Å². The minimum Gasteiger partial charge on any atom is -0.507 e. The molecule has 3 aromatic rings. The average Bonchev–Trinajstić information content (AvgIpc) is 3.19. The van der Waals surface area contributed by atoms with E-state index in [2.05, 4.69) is 0 Å². The summed E-state index contributed by atoms with van der Waals surface area (Å²) in [6.07, 6.45) is 0.844. The number of hydrogen-bond acceptors (Lipinski definition) is 6. The number of ketones is 1. The van der Waals surface area contributed by atoms with Gasteiger partial charge in [0.25, 0.3) is 11.7 Å². The highest BCUT2D eigenvalue weighted by molar-refractivity contribution is 6.51. The van der Waals surface area contributed by atoms with Gasteiger partial charge in [0.15, 0.2) is 0 Å². The van der Waals surface area contributed by atoms with Gasteiger partial charge in [0.05, 0.1) is 37.5 Å². The van der Waals surface area contributed by atoms with Crippen LogP contribution in [0.3, 0.4) is 0 Å². The second-order valence-corrected chi connectivity index (χ2v) is 8.49. The summed E-state index contributed by atoms with van der Waals surface area (Å²) in [5, 5.41) is 11.6. The Labute approximate surface area is 216 Å². The van der Waals surface area contributed by atoms with Gasteiger partial charge in [-0.3, -0.25) is 14.5 Å². The summed E-state index contributed by atoms with van der Waals surface area (Å²) in [6, 6.07) is 18.8. The molecular weight excluding hydrogens is 470 g/mol. The number of amides is 1. The molecule has 0 aliphatic carbocycles. The SMILES string of the molecule is CCOc1ccc(/C(O)=C2/C(=O)C(=O)N(c3ccc(CC)cc3)C2c2cccc(OC)c2)c(OCC)c1. The fraction of sp³-hybridized carbons (Fsp3) is 0.267. The van der Waals surface area contributed by atoms with E-state index >= 15 is 0 Å². The van der Waals surface area contributed by atoms with Crippen LogP contribution in [0, 0.1) is 0 Å². The van der Waals surface area contributed by atoms with Crippen LogP contribution in [0.1, 0.15) is 43.5 Å². The molecule has 1 saturated heterocycles. The minimum atomic E-state index is -0.872. The van der Waals surface area contributed by atoms with E-state index in [0.717, 1.165) is 12.0 Å². The number of methoxy groups -OCH3 is 1. The highest BCUT2D eigenvalue weighted by Crippen LogP contribution is 2.44. The molecule has 1 fully saturated rings. The molecule has 3 aromatic carbocycles. The van der Waals surface area contributed by atoms with Crippen molar-refractivity contribution in [2.24, 2.45) is 0 Å². The predicted molar refractivity (Wildman–Crippen MR) is 142 cm³/mol. The van der Waals surface area contributed by atoms with Crippen LogP contribution in [-0.2, 0) is 16.0 Å². The van der Waals surface area contributed by atoms with Gasteiger partial charge < -0.3 is 19.3 Å². The van der Waals surface area contributed by atoms with Crippen LogP contribution in [0.25, 0.3) is 5.76 Å². The van der Waals surface area contributed by atoms with Gasteiger partial charge in [-0.05, 0) is 67.8 Å². The van der Waals surface area contributed by atoms with E-state index in [-0.39, 0.29) is 11.3 Å². The largest absolute Gasteiger partial charge is 0.507 e. The zero-order valence-corrected chi connectivity index (χ0v) is 21.5. The van der Waals surface area contributed by atoms with Crippen LogP contribution in [-0.4, -0.2) is 37.1 Å². The van der Waals surface area contributed by atoms with Crippen molar-refractivity contribution in [1.29, 1.82) is 0 Å². The van der Waals surface area contributed by atoms with E-state index < -0.39 is 17.7 Å². The average molecular weight is 502 g/mol. The maximum Gasteiger partial charge on any atom is 0.300 e. The maximum atomic E-state index is 13.5. The van der Waals surface area contributed by atoms with Gasteiger partial charge >= 0.3 is 0 Å². The number of aliphatic hydroxyl groups is 1. The molecule has 0 radical (unpaired) electrons. The van der Waals surface area contributed by atoms with Gasteiger partial charge in [-0.2, -0.15) is 0 Å². The summed E-state index contributed by atoms with van der Waals surface area (Å²) in [5.41, 5.74) is 2.57. The number of anilines is 1. The monoisotopic (exact) mass is 501 g/mol. The number of aliphatic hydroxyl groups excluding tert-OH is 1. The maximum absolute atomic E-state index is 13.5. The van der Waals surface area contributed by atoms with E-state index in [9.17, 15) is 14.7 Å². The Balaban J connectivity index is 1.94. The van der Waals surface area contributed by atoms with Gasteiger partial charge in [-0.15, -0.1) is 0 Å². The van der Waals surface area contributed by atoms with Gasteiger partial charge in [-0.1, -0.05) is 31.2 Å². The second-order valence-electron chi connectivity index (χ2n) is 8.49. The van der Waals surface area contributed by atoms with Gasteiger partial charge in [-0.25, -0.2) is 0 Å². The van der Waals surface area contributed by atoms with Crippen LogP contribution < -0.4 is 19.1 Å². The number of hydrogen-bond donors (Lipinski definition) is 1. The highest BCUT2D eigenvalue weighted by atomic mass is 16.5. The molecular formula is C30H31NO6. The molecule has 4 rings (SSSR count). The summed E-state index contributed by atoms with van der Waals surface area (Å²) in [7, 11) is 1.55. The third kappa shape index (κ3) is 5.03. The van der Waals surface area contributed by atoms with Crippen molar-refractivity contribution >= 4 is 23.1 Å². The summed E-state index contributed by atoms with van der Waals surface area (Å²) in [5.74, 6) is -0.313. The molecule has 192 valence electrons. The molecule has 37 heavy (non-hydrogen) atoms. The molecule has 1 unspecified atom stereocenters. The molecule has 7 heteroatoms. The molecule has 1 aliphatic rings. The zero-order chi connectivity index (χ0) is 26.5. The van der Waals surface area contributed by atoms with Crippen molar-refractivity contribution in [2.45, 2.75) is 33.2 Å². The number of Topliss-reactive ketones (excluding diaryl/α,β-unsaturated/α-hetero) is 1. The molecule has 1 N–H and O–H groups in total. The topological polar surface area (TPSA) is 85.3 Å². The second kappa shape index (κ2) is 11.2. The molecule has 0 aromatic heterocycles. The Kier molecular flexibility index (Phi) is 7.82. The van der Waals surface area contributed by atoms with Crippen LogP contribution in [0.4, 0.5) is 5.69 Å². The lowest BCUT2D eigenvalue weighted by Gasteiger charge is -2.26. The van der Waals surface area contributed by atoms with Gasteiger partial charge in [0, 0.05) is 11.8 Å². The van der Waals surface area contributed by atoms with Crippen LogP contribution in [0.2, 0.25) is 0 Å². The summed E-state index contributed by atoms with van der Waals surface area (Å²) >= 11 is 0. The van der Waals surface area contributed by atoms with Crippen molar-refractivity contribution in [1.82, 2.24) is 0 Å². The van der Waals surface area contributed by atoms with Crippen molar-refractivity contribution in [2.75, 3.05) is 25.2 Å². The van der Waals surface area contributed by atoms with Gasteiger partial charge in [0.2, 0.25) is 0 Å². The molecule has 0 bridgehead atoms. The number of ether oxygens (including phenoxy) is 3. The Morgan fingerprint density at radius 3 is 2.27 bits per heavy atom. The van der Waals surface area contributed by atoms with Crippen LogP contribution >= 0.6 is 0 Å². The van der Waals surface area contributed by atoms with E-state index in [4.69, 9.17) is 14.2 Å². The summed E-state index contributed by atoms with van der Waals surface area (Å²) in [6.45, 7) is 6.55. The van der Waals surface area contributed by atoms with Gasteiger partial charge in [0.1, 0.15) is 23.0 Å². The van der Waals surface area contributed by atoms with Crippen LogP contribution in [0.5, 0.6) is 17.2 Å². The fourth-order valence-electron chi connectivity index (χ4n) is 4.49. The molecule has 0 saturated carbocycles. The number of carbonyl (C=O) groups is 2. The van der Waals surface area contributed by atoms with Crippen LogP contribution in [0.15, 0.2) is 72.3 Å². The third-order valence-electron chi connectivity index (χ3n) is 6.30. The standard InChI is InChI=1S/C30H31NO6/c1-5-19-11-13-21(14-12-19)31-27(20-9-8-10-22(17-20)35-4)26(29(33)30(31)34)28(32)24-16-15-23(36-6-2)18-25(24)37-7-3/h8-18,27,32H,5-7H2,1-4H3/b28-26-. The lowest BCUT2D eigenvalue weighted by molar-refractivity contribution is -0.132. The first-order chi connectivity index (χ1) is 17.9. The lowest BCUT2D eigenvalue weighted by atomic mass is 9.94. The Hall–Kier alpha value is -4.26. The molecule has 7 nitrogen and oxygen atoms in total.